The smallest absolute Gasteiger partial charge is 0.0119 e. The highest BCUT2D eigenvalue weighted by atomic mass is 14.4. The van der Waals surface area contributed by atoms with Crippen LogP contribution >= 0.6 is 0 Å². The van der Waals surface area contributed by atoms with Crippen LogP contribution < -0.4 is 0 Å². The fourth-order valence-electron chi connectivity index (χ4n) is 3.83. The summed E-state index contributed by atoms with van der Waals surface area (Å²) >= 11 is 0. The minimum atomic E-state index is 0.0595. The zero-order chi connectivity index (χ0) is 15.2. The molecule has 1 aliphatic carbocycles. The van der Waals surface area contributed by atoms with E-state index in [1.807, 2.05) is 0 Å². The van der Waals surface area contributed by atoms with E-state index in [4.69, 9.17) is 0 Å². The molecule has 0 spiro atoms. The Morgan fingerprint density at radius 2 is 1.50 bits per heavy atom. The number of allylic oxidation sites excluding steroid dienone is 1. The summed E-state index contributed by atoms with van der Waals surface area (Å²) in [5, 5.41) is 2.69. The van der Waals surface area contributed by atoms with Gasteiger partial charge in [0.25, 0.3) is 0 Å². The van der Waals surface area contributed by atoms with Crippen LogP contribution in [0.3, 0.4) is 0 Å². The molecule has 0 saturated carbocycles. The predicted molar refractivity (Wildman–Crippen MR) is 95.2 cm³/mol. The van der Waals surface area contributed by atoms with Gasteiger partial charge in [-0.2, -0.15) is 0 Å². The van der Waals surface area contributed by atoms with E-state index in [9.17, 15) is 0 Å². The molecular weight excluding hydrogens is 264 g/mol. The van der Waals surface area contributed by atoms with Crippen LogP contribution in [0.5, 0.6) is 0 Å². The second kappa shape index (κ2) is 4.84. The Morgan fingerprint density at radius 3 is 2.41 bits per heavy atom. The summed E-state index contributed by atoms with van der Waals surface area (Å²) in [6, 6.07) is 24.1. The van der Waals surface area contributed by atoms with Crippen LogP contribution in [-0.4, -0.2) is 0 Å². The van der Waals surface area contributed by atoms with E-state index < -0.39 is 0 Å². The lowest BCUT2D eigenvalue weighted by atomic mass is 9.70. The third kappa shape index (κ3) is 1.91. The maximum absolute atomic E-state index is 2.37. The van der Waals surface area contributed by atoms with E-state index in [1.165, 1.54) is 27.5 Å². The average Bonchev–Trinajstić information content (AvgIpc) is 2.99. The summed E-state index contributed by atoms with van der Waals surface area (Å²) in [6.07, 6.45) is 4.64. The monoisotopic (exact) mass is 284 g/mol. The fourth-order valence-corrected chi connectivity index (χ4v) is 3.83. The highest BCUT2D eigenvalue weighted by molar-refractivity contribution is 5.87. The number of fused-ring (bicyclic) bond motifs is 2. The van der Waals surface area contributed by atoms with Gasteiger partial charge in [-0.05, 0) is 27.5 Å². The number of benzene rings is 3. The lowest BCUT2D eigenvalue weighted by molar-refractivity contribution is 0.477. The van der Waals surface area contributed by atoms with E-state index in [0.29, 0.717) is 5.92 Å². The lowest BCUT2D eigenvalue weighted by Crippen LogP contribution is -2.25. The first-order valence-corrected chi connectivity index (χ1v) is 7.93. The van der Waals surface area contributed by atoms with Crippen LogP contribution in [0.1, 0.15) is 36.5 Å². The van der Waals surface area contributed by atoms with Gasteiger partial charge in [0, 0.05) is 11.3 Å². The average molecular weight is 284 g/mol. The zero-order valence-corrected chi connectivity index (χ0v) is 13.1. The van der Waals surface area contributed by atoms with Crippen molar-refractivity contribution in [2.45, 2.75) is 25.2 Å². The Labute approximate surface area is 132 Å². The van der Waals surface area contributed by atoms with Gasteiger partial charge in [0.05, 0.1) is 0 Å². The molecule has 0 aliphatic heterocycles. The molecule has 0 saturated heterocycles. The Bertz CT molecular complexity index is 863. The van der Waals surface area contributed by atoms with E-state index in [0.717, 1.165) is 0 Å². The normalized spacial score (nSPS) is 16.9. The topological polar surface area (TPSA) is 0 Å². The second-order valence-electron chi connectivity index (χ2n) is 6.71. The zero-order valence-electron chi connectivity index (χ0n) is 13.1. The van der Waals surface area contributed by atoms with Crippen LogP contribution in [0.2, 0.25) is 0 Å². The fraction of sp³-hybridized carbons (Fsp3) is 0.182. The van der Waals surface area contributed by atoms with Crippen molar-refractivity contribution in [3.63, 3.8) is 0 Å². The van der Waals surface area contributed by atoms with Gasteiger partial charge in [-0.25, -0.2) is 0 Å². The summed E-state index contributed by atoms with van der Waals surface area (Å²) in [5.74, 6) is 0.425. The standard InChI is InChI=1S/C22H20/c1-22(2,21-15-14-17-9-4-6-12-19(17)21)20-13-7-10-16-8-3-5-11-18(16)20/h3-15,21H,1-2H3. The molecule has 0 nitrogen and oxygen atoms in total. The van der Waals surface area contributed by atoms with Gasteiger partial charge in [0.15, 0.2) is 0 Å². The SMILES string of the molecule is CC(C)(c1cccc2ccccc12)C1C=Cc2ccccc21. The molecule has 0 N–H and O–H groups in total. The van der Waals surface area contributed by atoms with Crippen molar-refractivity contribution >= 4 is 16.8 Å². The molecule has 0 fully saturated rings. The summed E-state index contributed by atoms with van der Waals surface area (Å²) in [7, 11) is 0. The number of rotatable bonds is 2. The van der Waals surface area contributed by atoms with E-state index in [2.05, 4.69) is 92.7 Å². The Morgan fingerprint density at radius 1 is 0.773 bits per heavy atom. The van der Waals surface area contributed by atoms with Crippen molar-refractivity contribution in [2.24, 2.45) is 0 Å². The molecule has 0 heterocycles. The predicted octanol–water partition coefficient (Wildman–Crippen LogP) is 5.93. The number of hydrogen-bond donors (Lipinski definition) is 0. The summed E-state index contributed by atoms with van der Waals surface area (Å²) < 4.78 is 0. The van der Waals surface area contributed by atoms with Gasteiger partial charge >= 0.3 is 0 Å². The van der Waals surface area contributed by atoms with Crippen LogP contribution in [0.15, 0.2) is 72.8 Å². The second-order valence-corrected chi connectivity index (χ2v) is 6.71. The van der Waals surface area contributed by atoms with Crippen LogP contribution in [0, 0.1) is 0 Å². The van der Waals surface area contributed by atoms with Crippen molar-refractivity contribution in [1.82, 2.24) is 0 Å². The maximum Gasteiger partial charge on any atom is 0.0119 e. The Hall–Kier alpha value is -2.34. The highest BCUT2D eigenvalue weighted by Gasteiger charge is 2.34. The van der Waals surface area contributed by atoms with E-state index in [1.54, 1.807) is 0 Å². The van der Waals surface area contributed by atoms with Crippen molar-refractivity contribution in [2.75, 3.05) is 0 Å². The van der Waals surface area contributed by atoms with Crippen LogP contribution in [0.25, 0.3) is 16.8 Å². The molecule has 1 aliphatic rings. The Kier molecular flexibility index (Phi) is 2.94. The van der Waals surface area contributed by atoms with Gasteiger partial charge < -0.3 is 0 Å². The summed E-state index contributed by atoms with van der Waals surface area (Å²) in [5.41, 5.74) is 4.29. The first kappa shape index (κ1) is 13.3. The maximum atomic E-state index is 2.37. The van der Waals surface area contributed by atoms with Gasteiger partial charge in [0.1, 0.15) is 0 Å². The van der Waals surface area contributed by atoms with Gasteiger partial charge in [-0.1, -0.05) is 92.7 Å². The van der Waals surface area contributed by atoms with Gasteiger partial charge in [-0.15, -0.1) is 0 Å². The van der Waals surface area contributed by atoms with Crippen LogP contribution in [-0.2, 0) is 5.41 Å². The molecule has 1 atom stereocenters. The molecule has 0 radical (unpaired) electrons. The quantitative estimate of drug-likeness (QED) is 0.547. The highest BCUT2D eigenvalue weighted by Crippen LogP contribution is 2.46. The van der Waals surface area contributed by atoms with Crippen LogP contribution in [0.4, 0.5) is 0 Å². The molecule has 108 valence electrons. The number of hydrogen-bond acceptors (Lipinski definition) is 0. The summed E-state index contributed by atoms with van der Waals surface area (Å²) in [6.45, 7) is 4.73. The minimum absolute atomic E-state index is 0.0595. The van der Waals surface area contributed by atoms with Gasteiger partial charge in [0.2, 0.25) is 0 Å². The molecule has 3 aromatic carbocycles. The molecular formula is C22H20. The Balaban J connectivity index is 1.89. The molecule has 3 aromatic rings. The third-order valence-electron chi connectivity index (χ3n) is 5.06. The first-order valence-electron chi connectivity index (χ1n) is 7.93. The van der Waals surface area contributed by atoms with Crippen molar-refractivity contribution in [3.05, 3.63) is 89.5 Å². The molecule has 0 bridgehead atoms. The molecule has 22 heavy (non-hydrogen) atoms. The lowest BCUT2D eigenvalue weighted by Gasteiger charge is -2.33. The largest absolute Gasteiger partial charge is 0.0755 e. The van der Waals surface area contributed by atoms with Crippen molar-refractivity contribution < 1.29 is 0 Å². The third-order valence-corrected chi connectivity index (χ3v) is 5.06. The summed E-state index contributed by atoms with van der Waals surface area (Å²) in [4.78, 5) is 0. The van der Waals surface area contributed by atoms with E-state index >= 15 is 0 Å². The molecule has 0 amide bonds. The molecule has 4 rings (SSSR count). The molecule has 0 aromatic heterocycles. The van der Waals surface area contributed by atoms with Crippen molar-refractivity contribution in [3.8, 4) is 0 Å². The first-order chi connectivity index (χ1) is 10.7. The minimum Gasteiger partial charge on any atom is -0.0755 e. The van der Waals surface area contributed by atoms with Crippen molar-refractivity contribution in [1.29, 1.82) is 0 Å². The molecule has 0 heteroatoms. The molecule has 1 unspecified atom stereocenters. The van der Waals surface area contributed by atoms with E-state index in [-0.39, 0.29) is 5.41 Å². The van der Waals surface area contributed by atoms with Gasteiger partial charge in [-0.3, -0.25) is 0 Å².